The quantitative estimate of drug-likeness (QED) is 0.187. The first-order valence-corrected chi connectivity index (χ1v) is 18.2. The van der Waals surface area contributed by atoms with Crippen LogP contribution in [0.4, 0.5) is 0 Å². The standard InChI is InChI=1S/C44H29N3S2/c1-3-12-29(13-4-1)36-27-37(46-44(45-36)31-14-5-2-6-15-31)30-19-22-32(23-20-30)47-41-33-16-8-7-11-28(33)21-24-34(41)35-25-26-40-43(42(35)47)49-39-18-10-9-17-38(39)48-40/h1-19,21-27,30H,20H2. The molecule has 2 aliphatic rings. The molecule has 0 spiro atoms. The molecule has 0 amide bonds. The third kappa shape index (κ3) is 4.84. The molecule has 2 aromatic heterocycles. The lowest BCUT2D eigenvalue weighted by molar-refractivity contribution is 0.809. The van der Waals surface area contributed by atoms with Gasteiger partial charge in [-0.15, -0.1) is 0 Å². The highest BCUT2D eigenvalue weighted by atomic mass is 32.2. The molecule has 0 radical (unpaired) electrons. The van der Waals surface area contributed by atoms with Gasteiger partial charge in [-0.05, 0) is 42.1 Å². The molecule has 232 valence electrons. The molecule has 8 aromatic rings. The van der Waals surface area contributed by atoms with Crippen LogP contribution in [-0.2, 0) is 0 Å². The summed E-state index contributed by atoms with van der Waals surface area (Å²) in [5.74, 6) is 0.891. The van der Waals surface area contributed by atoms with Crippen LogP contribution in [0.3, 0.4) is 0 Å². The molecule has 3 heterocycles. The Morgan fingerprint density at radius 1 is 0.571 bits per heavy atom. The fraction of sp³-hybridized carbons (Fsp3) is 0.0455. The van der Waals surface area contributed by atoms with Gasteiger partial charge in [-0.2, -0.15) is 0 Å². The van der Waals surface area contributed by atoms with Crippen LogP contribution in [0.5, 0.6) is 0 Å². The number of allylic oxidation sites excluding steroid dienone is 4. The largest absolute Gasteiger partial charge is 0.308 e. The summed E-state index contributed by atoms with van der Waals surface area (Å²) in [4.78, 5) is 15.4. The van der Waals surface area contributed by atoms with E-state index in [1.165, 1.54) is 57.9 Å². The molecule has 0 saturated carbocycles. The second kappa shape index (κ2) is 11.7. The Morgan fingerprint density at radius 2 is 1.27 bits per heavy atom. The molecule has 1 unspecified atom stereocenters. The van der Waals surface area contributed by atoms with Gasteiger partial charge in [0.1, 0.15) is 0 Å². The van der Waals surface area contributed by atoms with Crippen molar-refractivity contribution in [3.05, 3.63) is 163 Å². The molecule has 49 heavy (non-hydrogen) atoms. The first kappa shape index (κ1) is 28.6. The van der Waals surface area contributed by atoms with Crippen molar-refractivity contribution in [1.29, 1.82) is 0 Å². The summed E-state index contributed by atoms with van der Waals surface area (Å²) in [5.41, 5.74) is 7.85. The van der Waals surface area contributed by atoms with E-state index in [-0.39, 0.29) is 5.92 Å². The van der Waals surface area contributed by atoms with Crippen LogP contribution in [0.2, 0.25) is 0 Å². The third-order valence-electron chi connectivity index (χ3n) is 9.58. The van der Waals surface area contributed by atoms with Gasteiger partial charge >= 0.3 is 0 Å². The van der Waals surface area contributed by atoms with Crippen molar-refractivity contribution in [2.45, 2.75) is 31.9 Å². The lowest BCUT2D eigenvalue weighted by atomic mass is 9.94. The van der Waals surface area contributed by atoms with Gasteiger partial charge in [-0.25, -0.2) is 9.97 Å². The van der Waals surface area contributed by atoms with Crippen molar-refractivity contribution in [2.24, 2.45) is 0 Å². The minimum absolute atomic E-state index is 0.132. The Bertz CT molecular complexity index is 2580. The number of fused-ring (bicyclic) bond motifs is 8. The lowest BCUT2D eigenvalue weighted by Crippen LogP contribution is -2.07. The van der Waals surface area contributed by atoms with E-state index >= 15 is 0 Å². The van der Waals surface area contributed by atoms with Gasteiger partial charge < -0.3 is 4.57 Å². The number of aromatic nitrogens is 3. The molecule has 1 aliphatic heterocycles. The van der Waals surface area contributed by atoms with Gasteiger partial charge in [0.25, 0.3) is 0 Å². The van der Waals surface area contributed by atoms with Crippen LogP contribution < -0.4 is 0 Å². The maximum absolute atomic E-state index is 5.16. The zero-order valence-electron chi connectivity index (χ0n) is 26.5. The topological polar surface area (TPSA) is 30.7 Å². The molecule has 5 heteroatoms. The zero-order valence-corrected chi connectivity index (χ0v) is 28.1. The normalized spacial score (nSPS) is 15.3. The number of nitrogens with zero attached hydrogens (tertiary/aromatic N) is 3. The van der Waals surface area contributed by atoms with Crippen LogP contribution in [-0.4, -0.2) is 14.5 Å². The van der Waals surface area contributed by atoms with Gasteiger partial charge in [-0.3, -0.25) is 0 Å². The molecule has 10 rings (SSSR count). The summed E-state index contributed by atoms with van der Waals surface area (Å²) >= 11 is 3.77. The number of rotatable bonds is 4. The molecule has 0 N–H and O–H groups in total. The molecule has 6 aromatic carbocycles. The van der Waals surface area contributed by atoms with Crippen LogP contribution in [0.25, 0.3) is 60.9 Å². The zero-order chi connectivity index (χ0) is 32.3. The van der Waals surface area contributed by atoms with E-state index < -0.39 is 0 Å². The average Bonchev–Trinajstić information content (AvgIpc) is 3.53. The van der Waals surface area contributed by atoms with Crippen molar-refractivity contribution in [1.82, 2.24) is 14.5 Å². The number of hydrogen-bond acceptors (Lipinski definition) is 4. The summed E-state index contributed by atoms with van der Waals surface area (Å²) in [6.45, 7) is 0. The van der Waals surface area contributed by atoms with Crippen molar-refractivity contribution < 1.29 is 0 Å². The molecule has 1 aliphatic carbocycles. The summed E-state index contributed by atoms with van der Waals surface area (Å²) in [6.07, 6.45) is 7.91. The summed E-state index contributed by atoms with van der Waals surface area (Å²) < 4.78 is 2.53. The highest BCUT2D eigenvalue weighted by Gasteiger charge is 2.26. The van der Waals surface area contributed by atoms with Gasteiger partial charge in [-0.1, -0.05) is 151 Å². The molecular formula is C44H29N3S2. The first-order chi connectivity index (χ1) is 24.3. The van der Waals surface area contributed by atoms with Gasteiger partial charge in [0, 0.05) is 53.6 Å². The van der Waals surface area contributed by atoms with Crippen LogP contribution in [0, 0.1) is 0 Å². The molecule has 0 bridgehead atoms. The van der Waals surface area contributed by atoms with Crippen molar-refractivity contribution in [3.63, 3.8) is 0 Å². The second-order valence-corrected chi connectivity index (χ2v) is 14.7. The fourth-order valence-corrected chi connectivity index (χ4v) is 9.60. The Labute approximate surface area is 293 Å². The van der Waals surface area contributed by atoms with E-state index in [1.54, 1.807) is 0 Å². The monoisotopic (exact) mass is 663 g/mol. The van der Waals surface area contributed by atoms with Gasteiger partial charge in [0.15, 0.2) is 5.82 Å². The maximum atomic E-state index is 5.16. The SMILES string of the molecule is C1=CC(c2cc(-c3ccccc3)nc(-c3ccccc3)n2)CC=C1n1c2c3c(ccc2c2ccc4ccccc4c21)Sc1ccccc1S3. The number of hydrogen-bond donors (Lipinski definition) is 0. The van der Waals surface area contributed by atoms with E-state index in [4.69, 9.17) is 9.97 Å². The lowest BCUT2D eigenvalue weighted by Gasteiger charge is -2.22. The van der Waals surface area contributed by atoms with E-state index in [0.717, 1.165) is 34.8 Å². The van der Waals surface area contributed by atoms with Crippen molar-refractivity contribution >= 4 is 61.8 Å². The summed E-state index contributed by atoms with van der Waals surface area (Å²) in [7, 11) is 0. The second-order valence-electron chi connectivity index (χ2n) is 12.5. The average molecular weight is 664 g/mol. The van der Waals surface area contributed by atoms with Gasteiger partial charge in [0.2, 0.25) is 0 Å². The molecule has 0 saturated heterocycles. The fourth-order valence-electron chi connectivity index (χ4n) is 7.22. The minimum atomic E-state index is 0.132. The summed E-state index contributed by atoms with van der Waals surface area (Å²) in [6, 6.07) is 49.7. The maximum Gasteiger partial charge on any atom is 0.160 e. The van der Waals surface area contributed by atoms with Crippen LogP contribution >= 0.6 is 23.5 Å². The molecular weight excluding hydrogens is 635 g/mol. The van der Waals surface area contributed by atoms with E-state index in [9.17, 15) is 0 Å². The highest BCUT2D eigenvalue weighted by Crippen LogP contribution is 2.53. The minimum Gasteiger partial charge on any atom is -0.308 e. The van der Waals surface area contributed by atoms with Crippen LogP contribution in [0.15, 0.2) is 177 Å². The Kier molecular flexibility index (Phi) is 6.81. The summed E-state index contributed by atoms with van der Waals surface area (Å²) in [5, 5.41) is 5.10. The molecule has 1 atom stereocenters. The van der Waals surface area contributed by atoms with Crippen molar-refractivity contribution in [2.75, 3.05) is 0 Å². The Balaban J connectivity index is 1.13. The predicted octanol–water partition coefficient (Wildman–Crippen LogP) is 12.3. The Hall–Kier alpha value is -5.36. The van der Waals surface area contributed by atoms with E-state index in [0.29, 0.717) is 0 Å². The molecule has 0 fully saturated rings. The Morgan fingerprint density at radius 3 is 2.06 bits per heavy atom. The smallest absolute Gasteiger partial charge is 0.160 e. The van der Waals surface area contributed by atoms with Crippen LogP contribution in [0.1, 0.15) is 18.0 Å². The third-order valence-corrected chi connectivity index (χ3v) is 12.2. The van der Waals surface area contributed by atoms with E-state index in [2.05, 4.69) is 138 Å². The highest BCUT2D eigenvalue weighted by molar-refractivity contribution is 8.05. The predicted molar refractivity (Wildman–Crippen MR) is 205 cm³/mol. The molecule has 3 nitrogen and oxygen atoms in total. The number of benzene rings is 6. The van der Waals surface area contributed by atoms with Gasteiger partial charge in [0.05, 0.1) is 27.3 Å². The first-order valence-electron chi connectivity index (χ1n) is 16.6. The van der Waals surface area contributed by atoms with E-state index in [1.807, 2.05) is 47.8 Å². The van der Waals surface area contributed by atoms with Crippen molar-refractivity contribution in [3.8, 4) is 22.6 Å².